The SMILES string of the molecule is CCNC(=NCc1cccc(NC(=O)Cn2cccn2)c1)NC1CCN(C2CCCC2)C1.I. The Hall–Kier alpha value is -2.14. The number of nitrogens with zero attached hydrogens (tertiary/aromatic N) is 4. The number of amides is 1. The Morgan fingerprint density at radius 2 is 2.06 bits per heavy atom. The van der Waals surface area contributed by atoms with Crippen LogP contribution in [0.4, 0.5) is 5.69 Å². The number of aliphatic imine (C=N–C) groups is 1. The first-order valence-corrected chi connectivity index (χ1v) is 11.8. The summed E-state index contributed by atoms with van der Waals surface area (Å²) in [7, 11) is 0. The Bertz CT molecular complexity index is 896. The number of benzene rings is 1. The van der Waals surface area contributed by atoms with Gasteiger partial charge in [-0.15, -0.1) is 24.0 Å². The van der Waals surface area contributed by atoms with Gasteiger partial charge in [0.1, 0.15) is 6.54 Å². The zero-order chi connectivity index (χ0) is 22.2. The van der Waals surface area contributed by atoms with E-state index >= 15 is 0 Å². The standard InChI is InChI=1S/C24H35N7O.HI/c1-2-25-24(29-21-11-14-30(17-21)22-9-3-4-10-22)26-16-19-7-5-8-20(15-19)28-23(32)18-31-13-6-12-27-31;/h5-8,12-13,15,21-22H,2-4,9-11,14,16-18H2,1H3,(H,28,32)(H2,25,26,29);1H. The van der Waals surface area contributed by atoms with Gasteiger partial charge in [0.25, 0.3) is 0 Å². The van der Waals surface area contributed by atoms with Crippen LogP contribution in [-0.2, 0) is 17.9 Å². The minimum Gasteiger partial charge on any atom is -0.357 e. The molecule has 1 aliphatic heterocycles. The van der Waals surface area contributed by atoms with E-state index in [9.17, 15) is 4.79 Å². The number of rotatable bonds is 8. The highest BCUT2D eigenvalue weighted by molar-refractivity contribution is 14.0. The van der Waals surface area contributed by atoms with Crippen molar-refractivity contribution in [3.8, 4) is 0 Å². The molecule has 0 bridgehead atoms. The largest absolute Gasteiger partial charge is 0.357 e. The molecule has 1 aromatic heterocycles. The average molecular weight is 566 g/mol. The number of hydrogen-bond acceptors (Lipinski definition) is 4. The van der Waals surface area contributed by atoms with Gasteiger partial charge in [0.05, 0.1) is 6.54 Å². The van der Waals surface area contributed by atoms with Gasteiger partial charge in [0, 0.05) is 49.8 Å². The van der Waals surface area contributed by atoms with Crippen molar-refractivity contribution in [2.45, 2.75) is 64.2 Å². The molecule has 1 unspecified atom stereocenters. The van der Waals surface area contributed by atoms with E-state index in [1.165, 1.54) is 38.6 Å². The molecule has 4 rings (SSSR count). The summed E-state index contributed by atoms with van der Waals surface area (Å²) in [5.74, 6) is 0.760. The predicted octanol–water partition coefficient (Wildman–Crippen LogP) is 3.21. The Labute approximate surface area is 213 Å². The summed E-state index contributed by atoms with van der Waals surface area (Å²) in [6.07, 6.45) is 10.1. The molecule has 0 radical (unpaired) electrons. The zero-order valence-corrected chi connectivity index (χ0v) is 21.7. The van der Waals surface area contributed by atoms with Crippen LogP contribution in [0.1, 0.15) is 44.6 Å². The summed E-state index contributed by atoms with van der Waals surface area (Å²) in [6.45, 7) is 5.95. The van der Waals surface area contributed by atoms with Crippen molar-refractivity contribution < 1.29 is 4.79 Å². The minimum atomic E-state index is -0.0996. The molecule has 2 aromatic rings. The molecule has 0 spiro atoms. The van der Waals surface area contributed by atoms with Gasteiger partial charge in [-0.25, -0.2) is 4.99 Å². The van der Waals surface area contributed by atoms with E-state index in [0.717, 1.165) is 36.3 Å². The van der Waals surface area contributed by atoms with E-state index in [1.54, 1.807) is 23.1 Å². The highest BCUT2D eigenvalue weighted by atomic mass is 127. The molecule has 1 atom stereocenters. The molecular weight excluding hydrogens is 529 g/mol. The highest BCUT2D eigenvalue weighted by Crippen LogP contribution is 2.26. The summed E-state index contributed by atoms with van der Waals surface area (Å²) in [6, 6.07) is 10.9. The molecule has 3 N–H and O–H groups in total. The first kappa shape index (κ1) is 25.5. The van der Waals surface area contributed by atoms with Gasteiger partial charge in [0.2, 0.25) is 5.91 Å². The van der Waals surface area contributed by atoms with Crippen LogP contribution >= 0.6 is 24.0 Å². The topological polar surface area (TPSA) is 86.6 Å². The lowest BCUT2D eigenvalue weighted by atomic mass is 10.2. The lowest BCUT2D eigenvalue weighted by Gasteiger charge is -2.24. The molecule has 33 heavy (non-hydrogen) atoms. The van der Waals surface area contributed by atoms with Crippen molar-refractivity contribution in [2.75, 3.05) is 25.0 Å². The smallest absolute Gasteiger partial charge is 0.246 e. The van der Waals surface area contributed by atoms with Crippen LogP contribution in [0.15, 0.2) is 47.7 Å². The van der Waals surface area contributed by atoms with Crippen LogP contribution in [0.5, 0.6) is 0 Å². The number of likely N-dealkylation sites (tertiary alicyclic amines) is 1. The fourth-order valence-corrected chi connectivity index (χ4v) is 4.68. The number of nitrogens with one attached hydrogen (secondary N) is 3. The fraction of sp³-hybridized carbons (Fsp3) is 0.542. The lowest BCUT2D eigenvalue weighted by molar-refractivity contribution is -0.116. The van der Waals surface area contributed by atoms with Gasteiger partial charge in [-0.05, 0) is 49.9 Å². The van der Waals surface area contributed by atoms with Crippen LogP contribution in [0, 0.1) is 0 Å². The van der Waals surface area contributed by atoms with Crippen molar-refractivity contribution in [1.82, 2.24) is 25.3 Å². The highest BCUT2D eigenvalue weighted by Gasteiger charge is 2.30. The average Bonchev–Trinajstić information content (AvgIpc) is 3.55. The third-order valence-electron chi connectivity index (χ3n) is 6.24. The van der Waals surface area contributed by atoms with Crippen molar-refractivity contribution in [2.24, 2.45) is 4.99 Å². The Morgan fingerprint density at radius 3 is 2.82 bits per heavy atom. The van der Waals surface area contributed by atoms with Gasteiger partial charge >= 0.3 is 0 Å². The molecule has 9 heteroatoms. The molecular formula is C24H36IN7O. The second-order valence-electron chi connectivity index (χ2n) is 8.71. The summed E-state index contributed by atoms with van der Waals surface area (Å²) in [5, 5.41) is 14.0. The maximum absolute atomic E-state index is 12.2. The molecule has 1 saturated carbocycles. The number of aromatic nitrogens is 2. The number of carbonyl (C=O) groups is 1. The molecule has 180 valence electrons. The second-order valence-corrected chi connectivity index (χ2v) is 8.71. The lowest BCUT2D eigenvalue weighted by Crippen LogP contribution is -2.45. The fourth-order valence-electron chi connectivity index (χ4n) is 4.68. The molecule has 2 heterocycles. The maximum Gasteiger partial charge on any atom is 0.246 e. The number of halogens is 1. The first-order chi connectivity index (χ1) is 15.7. The number of carbonyl (C=O) groups excluding carboxylic acids is 1. The van der Waals surface area contributed by atoms with E-state index in [2.05, 4.69) is 32.9 Å². The Balaban J connectivity index is 0.00000306. The van der Waals surface area contributed by atoms with Crippen molar-refractivity contribution in [1.29, 1.82) is 0 Å². The zero-order valence-electron chi connectivity index (χ0n) is 19.4. The molecule has 2 fully saturated rings. The Morgan fingerprint density at radius 1 is 1.21 bits per heavy atom. The monoisotopic (exact) mass is 565 g/mol. The van der Waals surface area contributed by atoms with Crippen LogP contribution in [-0.4, -0.2) is 58.3 Å². The van der Waals surface area contributed by atoms with E-state index < -0.39 is 0 Å². The van der Waals surface area contributed by atoms with Crippen LogP contribution in [0.25, 0.3) is 0 Å². The third-order valence-corrected chi connectivity index (χ3v) is 6.24. The summed E-state index contributed by atoms with van der Waals surface area (Å²) in [5.41, 5.74) is 1.83. The van der Waals surface area contributed by atoms with Crippen molar-refractivity contribution in [3.05, 3.63) is 48.3 Å². The van der Waals surface area contributed by atoms with E-state index in [1.807, 2.05) is 24.3 Å². The molecule has 1 aromatic carbocycles. The van der Waals surface area contributed by atoms with Crippen LogP contribution in [0.2, 0.25) is 0 Å². The summed E-state index contributed by atoms with van der Waals surface area (Å²) < 4.78 is 1.61. The van der Waals surface area contributed by atoms with E-state index in [-0.39, 0.29) is 36.4 Å². The van der Waals surface area contributed by atoms with Gasteiger partial charge in [-0.1, -0.05) is 25.0 Å². The second kappa shape index (κ2) is 12.9. The normalized spacial score (nSPS) is 19.3. The number of guanidine groups is 1. The van der Waals surface area contributed by atoms with E-state index in [4.69, 9.17) is 4.99 Å². The maximum atomic E-state index is 12.2. The van der Waals surface area contributed by atoms with Gasteiger partial charge < -0.3 is 16.0 Å². The number of hydrogen-bond donors (Lipinski definition) is 3. The van der Waals surface area contributed by atoms with Gasteiger partial charge in [-0.3, -0.25) is 14.4 Å². The molecule has 2 aliphatic rings. The minimum absolute atomic E-state index is 0. The van der Waals surface area contributed by atoms with Crippen molar-refractivity contribution >= 4 is 41.5 Å². The Kier molecular flexibility index (Phi) is 9.98. The summed E-state index contributed by atoms with van der Waals surface area (Å²) in [4.78, 5) is 19.7. The van der Waals surface area contributed by atoms with Gasteiger partial charge in [-0.2, -0.15) is 5.10 Å². The third kappa shape index (κ3) is 7.70. The first-order valence-electron chi connectivity index (χ1n) is 11.8. The van der Waals surface area contributed by atoms with Crippen LogP contribution in [0.3, 0.4) is 0 Å². The molecule has 1 amide bonds. The molecule has 8 nitrogen and oxygen atoms in total. The quantitative estimate of drug-likeness (QED) is 0.260. The molecule has 1 saturated heterocycles. The molecule has 1 aliphatic carbocycles. The predicted molar refractivity (Wildman–Crippen MR) is 143 cm³/mol. The number of anilines is 1. The van der Waals surface area contributed by atoms with Crippen LogP contribution < -0.4 is 16.0 Å². The summed E-state index contributed by atoms with van der Waals surface area (Å²) >= 11 is 0. The van der Waals surface area contributed by atoms with E-state index in [0.29, 0.717) is 12.6 Å². The van der Waals surface area contributed by atoms with Crippen molar-refractivity contribution in [3.63, 3.8) is 0 Å². The van der Waals surface area contributed by atoms with Gasteiger partial charge in [0.15, 0.2) is 5.96 Å².